The molecule has 5 nitrogen and oxygen atoms in total. The van der Waals surface area contributed by atoms with Crippen molar-refractivity contribution in [2.75, 3.05) is 13.1 Å². The van der Waals surface area contributed by atoms with Crippen molar-refractivity contribution in [1.29, 1.82) is 0 Å². The van der Waals surface area contributed by atoms with E-state index in [4.69, 9.17) is 5.73 Å². The third kappa shape index (κ3) is 2.76. The molecule has 1 aliphatic rings. The van der Waals surface area contributed by atoms with Gasteiger partial charge in [0.2, 0.25) is 0 Å². The van der Waals surface area contributed by atoms with Gasteiger partial charge in [0, 0.05) is 24.6 Å². The number of fused-ring (bicyclic) bond motifs is 1. The van der Waals surface area contributed by atoms with Crippen molar-refractivity contribution >= 4 is 16.8 Å². The van der Waals surface area contributed by atoms with Crippen molar-refractivity contribution in [3.8, 4) is 0 Å². The molecule has 0 radical (unpaired) electrons. The van der Waals surface area contributed by atoms with Crippen LogP contribution in [0.15, 0.2) is 35.1 Å². The minimum Gasteiger partial charge on any atom is -0.338 e. The number of likely N-dealkylation sites (tertiary alicyclic amines) is 1. The van der Waals surface area contributed by atoms with Gasteiger partial charge in [-0.1, -0.05) is 18.2 Å². The minimum absolute atomic E-state index is 0.0606. The zero-order valence-corrected chi connectivity index (χ0v) is 12.7. The third-order valence-electron chi connectivity index (χ3n) is 4.47. The lowest BCUT2D eigenvalue weighted by molar-refractivity contribution is 0.0659. The first kappa shape index (κ1) is 14.8. The molecule has 3 rings (SSSR count). The molecular formula is C17H21N3O2. The van der Waals surface area contributed by atoms with Crippen LogP contribution >= 0.6 is 0 Å². The molecule has 2 atom stereocenters. The van der Waals surface area contributed by atoms with Gasteiger partial charge in [-0.05, 0) is 43.2 Å². The quantitative estimate of drug-likeness (QED) is 0.886. The highest BCUT2D eigenvalue weighted by molar-refractivity contribution is 5.97. The lowest BCUT2D eigenvalue weighted by Gasteiger charge is -2.34. The number of hydrogen-bond acceptors (Lipinski definition) is 3. The molecule has 1 saturated heterocycles. The van der Waals surface area contributed by atoms with Crippen LogP contribution < -0.4 is 11.3 Å². The average molecular weight is 299 g/mol. The van der Waals surface area contributed by atoms with Gasteiger partial charge in [0.1, 0.15) is 5.56 Å². The molecule has 5 heteroatoms. The molecule has 116 valence electrons. The van der Waals surface area contributed by atoms with E-state index in [9.17, 15) is 9.59 Å². The Labute approximate surface area is 129 Å². The Kier molecular flexibility index (Phi) is 3.98. The van der Waals surface area contributed by atoms with Gasteiger partial charge in [-0.15, -0.1) is 0 Å². The van der Waals surface area contributed by atoms with E-state index >= 15 is 0 Å². The summed E-state index contributed by atoms with van der Waals surface area (Å²) < 4.78 is 0. The molecule has 2 heterocycles. The SMILES string of the molecule is CC(N)C1CCCN(C(=O)c2cc3ccccc3[nH]c2=O)C1. The Morgan fingerprint density at radius 3 is 2.95 bits per heavy atom. The Morgan fingerprint density at radius 2 is 2.18 bits per heavy atom. The number of carbonyl (C=O) groups is 1. The van der Waals surface area contributed by atoms with E-state index in [1.165, 1.54) is 0 Å². The van der Waals surface area contributed by atoms with Crippen LogP contribution in [0, 0.1) is 5.92 Å². The van der Waals surface area contributed by atoms with E-state index in [0.717, 1.165) is 23.7 Å². The summed E-state index contributed by atoms with van der Waals surface area (Å²) in [6, 6.07) is 9.22. The number of piperidine rings is 1. The smallest absolute Gasteiger partial charge is 0.261 e. The van der Waals surface area contributed by atoms with Gasteiger partial charge in [0.15, 0.2) is 0 Å². The van der Waals surface area contributed by atoms with Crippen molar-refractivity contribution in [1.82, 2.24) is 9.88 Å². The number of rotatable bonds is 2. The van der Waals surface area contributed by atoms with E-state index in [1.54, 1.807) is 11.0 Å². The maximum atomic E-state index is 12.7. The van der Waals surface area contributed by atoms with E-state index < -0.39 is 0 Å². The van der Waals surface area contributed by atoms with Gasteiger partial charge in [-0.2, -0.15) is 0 Å². The standard InChI is InChI=1S/C17H21N3O2/c1-11(18)13-6-4-8-20(10-13)17(22)14-9-12-5-2-3-7-15(12)19-16(14)21/h2-3,5,7,9,11,13H,4,6,8,10,18H2,1H3,(H,19,21). The van der Waals surface area contributed by atoms with Crippen LogP contribution in [-0.4, -0.2) is 34.9 Å². The molecule has 0 saturated carbocycles. The maximum Gasteiger partial charge on any atom is 0.261 e. The maximum absolute atomic E-state index is 12.7. The Morgan fingerprint density at radius 1 is 1.41 bits per heavy atom. The molecular weight excluding hydrogens is 278 g/mol. The van der Waals surface area contributed by atoms with Crippen LogP contribution in [0.4, 0.5) is 0 Å². The minimum atomic E-state index is -0.327. The molecule has 1 amide bonds. The first-order valence-electron chi connectivity index (χ1n) is 7.73. The summed E-state index contributed by atoms with van der Waals surface area (Å²) in [7, 11) is 0. The molecule has 0 aliphatic carbocycles. The number of aromatic nitrogens is 1. The lowest BCUT2D eigenvalue weighted by Crippen LogP contribution is -2.46. The Bertz CT molecular complexity index is 751. The molecule has 2 aromatic rings. The number of amides is 1. The van der Waals surface area contributed by atoms with Crippen LogP contribution in [0.1, 0.15) is 30.1 Å². The van der Waals surface area contributed by atoms with Crippen molar-refractivity contribution < 1.29 is 4.79 Å². The number of benzene rings is 1. The van der Waals surface area contributed by atoms with Gasteiger partial charge in [0.25, 0.3) is 11.5 Å². The fourth-order valence-electron chi connectivity index (χ4n) is 3.10. The number of nitrogens with two attached hydrogens (primary N) is 1. The van der Waals surface area contributed by atoms with Crippen LogP contribution in [0.5, 0.6) is 0 Å². The topological polar surface area (TPSA) is 79.2 Å². The molecule has 1 aromatic heterocycles. The number of H-pyrrole nitrogens is 1. The summed E-state index contributed by atoms with van der Waals surface area (Å²) in [5.41, 5.74) is 6.60. The summed E-state index contributed by atoms with van der Waals surface area (Å²) in [6.07, 6.45) is 1.97. The Balaban J connectivity index is 1.91. The second-order valence-corrected chi connectivity index (χ2v) is 6.11. The van der Waals surface area contributed by atoms with Crippen LogP contribution in [-0.2, 0) is 0 Å². The van der Waals surface area contributed by atoms with Crippen molar-refractivity contribution in [3.63, 3.8) is 0 Å². The number of carbonyl (C=O) groups excluding carboxylic acids is 1. The molecule has 1 aliphatic heterocycles. The first-order valence-corrected chi connectivity index (χ1v) is 7.73. The van der Waals surface area contributed by atoms with Gasteiger partial charge in [-0.3, -0.25) is 9.59 Å². The van der Waals surface area contributed by atoms with Gasteiger partial charge >= 0.3 is 0 Å². The second kappa shape index (κ2) is 5.93. The molecule has 0 spiro atoms. The van der Waals surface area contributed by atoms with Gasteiger partial charge in [-0.25, -0.2) is 0 Å². The number of nitrogens with one attached hydrogen (secondary N) is 1. The van der Waals surface area contributed by atoms with Crippen molar-refractivity contribution in [2.45, 2.75) is 25.8 Å². The number of aromatic amines is 1. The average Bonchev–Trinajstić information content (AvgIpc) is 2.53. The molecule has 2 unspecified atom stereocenters. The number of para-hydroxylation sites is 1. The highest BCUT2D eigenvalue weighted by Gasteiger charge is 2.27. The number of hydrogen-bond donors (Lipinski definition) is 2. The monoisotopic (exact) mass is 299 g/mol. The summed E-state index contributed by atoms with van der Waals surface area (Å²) in [6.45, 7) is 3.29. The highest BCUT2D eigenvalue weighted by Crippen LogP contribution is 2.20. The first-order chi connectivity index (χ1) is 10.6. The summed E-state index contributed by atoms with van der Waals surface area (Å²) in [5, 5.41) is 0.867. The van der Waals surface area contributed by atoms with Crippen LogP contribution in [0.2, 0.25) is 0 Å². The number of nitrogens with zero attached hydrogens (tertiary/aromatic N) is 1. The summed E-state index contributed by atoms with van der Waals surface area (Å²) in [5.74, 6) is 0.106. The van der Waals surface area contributed by atoms with E-state index in [0.29, 0.717) is 19.0 Å². The highest BCUT2D eigenvalue weighted by atomic mass is 16.2. The van der Waals surface area contributed by atoms with Crippen LogP contribution in [0.25, 0.3) is 10.9 Å². The molecule has 0 bridgehead atoms. The normalized spacial score (nSPS) is 20.1. The van der Waals surface area contributed by atoms with Crippen molar-refractivity contribution in [2.24, 2.45) is 11.7 Å². The predicted molar refractivity (Wildman–Crippen MR) is 86.8 cm³/mol. The summed E-state index contributed by atoms with van der Waals surface area (Å²) in [4.78, 5) is 29.4. The number of pyridine rings is 1. The zero-order valence-electron chi connectivity index (χ0n) is 12.7. The predicted octanol–water partition coefficient (Wildman–Crippen LogP) is 1.73. The van der Waals surface area contributed by atoms with E-state index in [1.807, 2.05) is 31.2 Å². The molecule has 3 N–H and O–H groups in total. The fraction of sp³-hybridized carbons (Fsp3) is 0.412. The van der Waals surface area contributed by atoms with Gasteiger partial charge in [0.05, 0.1) is 0 Å². The molecule has 22 heavy (non-hydrogen) atoms. The van der Waals surface area contributed by atoms with Crippen LogP contribution in [0.3, 0.4) is 0 Å². The Hall–Kier alpha value is -2.14. The zero-order chi connectivity index (χ0) is 15.7. The third-order valence-corrected chi connectivity index (χ3v) is 4.47. The molecule has 1 fully saturated rings. The largest absolute Gasteiger partial charge is 0.338 e. The van der Waals surface area contributed by atoms with E-state index in [-0.39, 0.29) is 23.1 Å². The fourth-order valence-corrected chi connectivity index (χ4v) is 3.10. The second-order valence-electron chi connectivity index (χ2n) is 6.11. The van der Waals surface area contributed by atoms with E-state index in [2.05, 4.69) is 4.98 Å². The molecule has 1 aromatic carbocycles. The lowest BCUT2D eigenvalue weighted by atomic mass is 9.92. The summed E-state index contributed by atoms with van der Waals surface area (Å²) >= 11 is 0. The van der Waals surface area contributed by atoms with Gasteiger partial charge < -0.3 is 15.6 Å². The van der Waals surface area contributed by atoms with Crippen molar-refractivity contribution in [3.05, 3.63) is 46.2 Å².